The Balaban J connectivity index is 1.16. The molecule has 328 valence electrons. The minimum Gasteiger partial charge on any atom is -0.481 e. The highest BCUT2D eigenvalue weighted by Gasteiger charge is 2.70. The number of aliphatic carboxylic acids is 3. The third kappa shape index (κ3) is 6.33. The summed E-state index contributed by atoms with van der Waals surface area (Å²) in [5, 5.41) is 94.7. The van der Waals surface area contributed by atoms with Gasteiger partial charge in [0.2, 0.25) is 0 Å². The van der Waals surface area contributed by atoms with Crippen LogP contribution < -0.4 is 0 Å². The molecule has 9 N–H and O–H groups in total. The number of carboxylic acid groups (broad SMARTS) is 3. The van der Waals surface area contributed by atoms with E-state index in [4.69, 9.17) is 18.9 Å². The summed E-state index contributed by atoms with van der Waals surface area (Å²) in [4.78, 5) is 36.5. The lowest BCUT2D eigenvalue weighted by atomic mass is 9.32. The molecular formula is C42H64O16. The van der Waals surface area contributed by atoms with Gasteiger partial charge in [-0.05, 0) is 111 Å². The highest BCUT2D eigenvalue weighted by molar-refractivity contribution is 5.77. The maximum Gasteiger partial charge on any atom is 0.335 e. The van der Waals surface area contributed by atoms with Crippen LogP contribution in [-0.4, -0.2) is 138 Å². The first kappa shape index (κ1) is 43.8. The van der Waals surface area contributed by atoms with Crippen molar-refractivity contribution in [3.05, 3.63) is 11.6 Å². The Morgan fingerprint density at radius 1 is 0.655 bits per heavy atom. The first-order valence-electron chi connectivity index (χ1n) is 21.0. The average molecular weight is 825 g/mol. The van der Waals surface area contributed by atoms with E-state index >= 15 is 0 Å². The van der Waals surface area contributed by atoms with Crippen LogP contribution in [0.3, 0.4) is 0 Å². The third-order valence-corrected chi connectivity index (χ3v) is 17.4. The van der Waals surface area contributed by atoms with E-state index in [0.717, 1.165) is 44.9 Å². The second-order valence-electron chi connectivity index (χ2n) is 20.4. The van der Waals surface area contributed by atoms with Crippen LogP contribution in [-0.2, 0) is 33.3 Å². The molecule has 0 bridgehead atoms. The molecule has 0 radical (unpaired) electrons. The Hall–Kier alpha value is -2.25. The van der Waals surface area contributed by atoms with Crippen LogP contribution in [0.2, 0.25) is 0 Å². The number of hydrogen-bond acceptors (Lipinski definition) is 13. The van der Waals surface area contributed by atoms with Crippen molar-refractivity contribution in [2.45, 2.75) is 173 Å². The van der Waals surface area contributed by atoms with Crippen LogP contribution in [0.15, 0.2) is 11.6 Å². The lowest BCUT2D eigenvalue weighted by molar-refractivity contribution is -0.372. The molecule has 16 nitrogen and oxygen atoms in total. The van der Waals surface area contributed by atoms with E-state index in [-0.39, 0.29) is 40.6 Å². The molecule has 0 spiro atoms. The van der Waals surface area contributed by atoms with Crippen molar-refractivity contribution in [2.24, 2.45) is 50.2 Å². The minimum absolute atomic E-state index is 0.0438. The number of carbonyl (C=O) groups is 3. The Morgan fingerprint density at radius 3 is 1.86 bits per heavy atom. The summed E-state index contributed by atoms with van der Waals surface area (Å²) >= 11 is 0. The van der Waals surface area contributed by atoms with Crippen molar-refractivity contribution < 1.29 is 79.3 Å². The number of fused-ring (bicyclic) bond motifs is 7. The van der Waals surface area contributed by atoms with Crippen molar-refractivity contribution in [2.75, 3.05) is 6.61 Å². The fourth-order valence-corrected chi connectivity index (χ4v) is 13.6. The van der Waals surface area contributed by atoms with Crippen LogP contribution in [0.1, 0.15) is 106 Å². The number of carboxylic acids is 3. The first-order chi connectivity index (χ1) is 26.9. The predicted molar refractivity (Wildman–Crippen MR) is 200 cm³/mol. The van der Waals surface area contributed by atoms with E-state index < -0.39 is 102 Å². The standard InChI is InChI=1S/C42H64O16/c1-37(2)21-9-11-41(6)22(8-7-19-20-17-39(4,36(53)54)14-13-38(20,3)15-16-40(19,41)5)42(21,18-43)12-10-23(37)55-35-31(27(47)26(46)30(57-35)33(51)52)58-34-28(48)24(44)25(45)29(56-34)32(49)50/h17,19,21-31,34-35,43-48H,7-16,18H2,1-6H3,(H,49,50)(H,51,52)(H,53,54)/t19-,21-,22-,23+,24+,25+,26-,27-,28+,29+,30+,31-,34-,35+,38-,39+,40-,41-,42-/m1/s1. The lowest BCUT2D eigenvalue weighted by Crippen LogP contribution is -2.68. The average Bonchev–Trinajstić information content (AvgIpc) is 3.15. The van der Waals surface area contributed by atoms with Gasteiger partial charge in [0, 0.05) is 12.0 Å². The zero-order valence-corrected chi connectivity index (χ0v) is 34.3. The summed E-state index contributed by atoms with van der Waals surface area (Å²) < 4.78 is 23.4. The van der Waals surface area contributed by atoms with Crippen LogP contribution >= 0.6 is 0 Å². The molecule has 7 aliphatic rings. The quantitative estimate of drug-likeness (QED) is 0.125. The number of aliphatic hydroxyl groups excluding tert-OH is 6. The van der Waals surface area contributed by atoms with Crippen LogP contribution in [0.25, 0.3) is 0 Å². The molecule has 0 aromatic rings. The Kier molecular flexibility index (Phi) is 11.1. The second kappa shape index (κ2) is 14.7. The van der Waals surface area contributed by atoms with Crippen molar-refractivity contribution in [1.29, 1.82) is 0 Å². The van der Waals surface area contributed by atoms with E-state index in [9.17, 15) is 60.3 Å². The van der Waals surface area contributed by atoms with E-state index in [1.54, 1.807) is 0 Å². The molecule has 6 fully saturated rings. The van der Waals surface area contributed by atoms with Gasteiger partial charge >= 0.3 is 17.9 Å². The summed E-state index contributed by atoms with van der Waals surface area (Å²) in [6.45, 7) is 12.9. The van der Waals surface area contributed by atoms with Gasteiger partial charge in [0.25, 0.3) is 0 Å². The van der Waals surface area contributed by atoms with Crippen LogP contribution in [0.5, 0.6) is 0 Å². The van der Waals surface area contributed by atoms with Gasteiger partial charge < -0.3 is 64.9 Å². The van der Waals surface area contributed by atoms with Crippen molar-refractivity contribution in [3.8, 4) is 0 Å². The molecule has 4 saturated carbocycles. The number of rotatable bonds is 8. The van der Waals surface area contributed by atoms with E-state index in [1.165, 1.54) is 5.57 Å². The third-order valence-electron chi connectivity index (χ3n) is 17.4. The topological polar surface area (TPSA) is 270 Å². The number of hydrogen-bond donors (Lipinski definition) is 9. The molecular weight excluding hydrogens is 760 g/mol. The maximum atomic E-state index is 12.5. The Bertz CT molecular complexity index is 1670. The van der Waals surface area contributed by atoms with Crippen LogP contribution in [0, 0.1) is 50.2 Å². The summed E-state index contributed by atoms with van der Waals surface area (Å²) in [5.74, 6) is -3.77. The zero-order chi connectivity index (χ0) is 42.7. The summed E-state index contributed by atoms with van der Waals surface area (Å²) in [5.41, 5.74) is -1.15. The molecule has 2 aliphatic heterocycles. The predicted octanol–water partition coefficient (Wildman–Crippen LogP) is 2.04. The molecule has 19 atom stereocenters. The molecule has 0 amide bonds. The van der Waals surface area contributed by atoms with Crippen molar-refractivity contribution in [3.63, 3.8) is 0 Å². The Labute approximate surface area is 338 Å². The van der Waals surface area contributed by atoms with Gasteiger partial charge in [-0.15, -0.1) is 0 Å². The Morgan fingerprint density at radius 2 is 1.26 bits per heavy atom. The maximum absolute atomic E-state index is 12.5. The highest BCUT2D eigenvalue weighted by Crippen LogP contribution is 2.76. The number of ether oxygens (including phenoxy) is 4. The highest BCUT2D eigenvalue weighted by atomic mass is 16.8. The number of allylic oxidation sites excluding steroid dienone is 1. The summed E-state index contributed by atoms with van der Waals surface area (Å²) in [6, 6.07) is 0. The molecule has 0 aromatic heterocycles. The van der Waals surface area contributed by atoms with Gasteiger partial charge in [0.1, 0.15) is 36.6 Å². The molecule has 7 rings (SSSR count). The molecule has 5 aliphatic carbocycles. The molecule has 0 aromatic carbocycles. The second-order valence-corrected chi connectivity index (χ2v) is 20.4. The molecule has 0 unspecified atom stereocenters. The monoisotopic (exact) mass is 824 g/mol. The molecule has 2 saturated heterocycles. The SMILES string of the molecule is CC1(C)[C@@H](O[C@H]2O[C@H](C(=O)O)[C@H](O)[C@@H](O)[C@H]2O[C@H]2O[C@H](C(=O)O)[C@@H](O)[C@H](O)[C@@H]2O)CC[C@@]2(CO)[C@@H]1CC[C@]1(C)[C@H]2CC[C@@H]2C3=C[C@@](C)(C(=O)O)CC[C@]3(C)CC[C@]21C. The van der Waals surface area contributed by atoms with E-state index in [2.05, 4.69) is 26.8 Å². The van der Waals surface area contributed by atoms with Crippen molar-refractivity contribution >= 4 is 17.9 Å². The molecule has 2 heterocycles. The van der Waals surface area contributed by atoms with Gasteiger partial charge in [0.05, 0.1) is 11.5 Å². The van der Waals surface area contributed by atoms with Gasteiger partial charge in [-0.1, -0.05) is 46.3 Å². The molecule has 16 heteroatoms. The van der Waals surface area contributed by atoms with Crippen LogP contribution in [0.4, 0.5) is 0 Å². The normalized spacial score (nSPS) is 52.5. The first-order valence-corrected chi connectivity index (χ1v) is 21.0. The number of aliphatic hydroxyl groups is 6. The van der Waals surface area contributed by atoms with E-state index in [1.807, 2.05) is 20.8 Å². The van der Waals surface area contributed by atoms with Gasteiger partial charge in [-0.2, -0.15) is 0 Å². The van der Waals surface area contributed by atoms with Gasteiger partial charge in [0.15, 0.2) is 24.8 Å². The fourth-order valence-electron chi connectivity index (χ4n) is 13.6. The van der Waals surface area contributed by atoms with E-state index in [0.29, 0.717) is 19.3 Å². The van der Waals surface area contributed by atoms with Gasteiger partial charge in [-0.25, -0.2) is 9.59 Å². The lowest BCUT2D eigenvalue weighted by Gasteiger charge is -2.73. The molecule has 58 heavy (non-hydrogen) atoms. The summed E-state index contributed by atoms with van der Waals surface area (Å²) in [7, 11) is 0. The largest absolute Gasteiger partial charge is 0.481 e. The zero-order valence-electron chi connectivity index (χ0n) is 34.3. The van der Waals surface area contributed by atoms with Crippen molar-refractivity contribution in [1.82, 2.24) is 0 Å². The minimum atomic E-state index is -2.04. The summed E-state index contributed by atoms with van der Waals surface area (Å²) in [6.07, 6.45) is -10.3. The smallest absolute Gasteiger partial charge is 0.335 e. The fraction of sp³-hybridized carbons (Fsp3) is 0.881. The van der Waals surface area contributed by atoms with Gasteiger partial charge in [-0.3, -0.25) is 4.79 Å².